The van der Waals surface area contributed by atoms with Crippen LogP contribution in [0.4, 0.5) is 0 Å². The molecule has 1 heterocycles. The average molecular weight is 444 g/mol. The first-order valence-electron chi connectivity index (χ1n) is 5.73. The van der Waals surface area contributed by atoms with E-state index in [4.69, 9.17) is 22.3 Å². The van der Waals surface area contributed by atoms with E-state index in [-0.39, 0.29) is 11.2 Å². The van der Waals surface area contributed by atoms with E-state index in [1.54, 1.807) is 10.6 Å². The molecule has 3 rings (SSSR count). The summed E-state index contributed by atoms with van der Waals surface area (Å²) in [6.07, 6.45) is 1.78. The molecule has 1 fully saturated rings. The SMILES string of the molecule is O=S(=O)(Cl)c1nnc(-c2ccc(I)c(Cl)c2)n1C1CC1. The molecule has 2 aromatic rings. The Morgan fingerprint density at radius 2 is 2.00 bits per heavy atom. The second kappa shape index (κ2) is 5.11. The summed E-state index contributed by atoms with van der Waals surface area (Å²) in [6.45, 7) is 0. The topological polar surface area (TPSA) is 64.8 Å². The molecule has 0 amide bonds. The molecule has 0 aliphatic heterocycles. The van der Waals surface area contributed by atoms with Crippen LogP contribution in [-0.4, -0.2) is 23.2 Å². The van der Waals surface area contributed by atoms with Crippen molar-refractivity contribution in [2.75, 3.05) is 0 Å². The summed E-state index contributed by atoms with van der Waals surface area (Å²) in [7, 11) is 1.50. The Morgan fingerprint density at radius 3 is 2.55 bits per heavy atom. The molecule has 0 saturated heterocycles. The van der Waals surface area contributed by atoms with E-state index in [9.17, 15) is 8.42 Å². The van der Waals surface area contributed by atoms with Gasteiger partial charge in [-0.25, -0.2) is 8.42 Å². The molecule has 1 aromatic carbocycles. The van der Waals surface area contributed by atoms with Crippen molar-refractivity contribution in [1.29, 1.82) is 0 Å². The highest BCUT2D eigenvalue weighted by atomic mass is 127. The zero-order valence-corrected chi connectivity index (χ0v) is 14.4. The van der Waals surface area contributed by atoms with Crippen molar-refractivity contribution in [3.05, 3.63) is 26.8 Å². The number of aromatic nitrogens is 3. The highest BCUT2D eigenvalue weighted by Gasteiger charge is 2.34. The molecule has 106 valence electrons. The Hall–Kier alpha value is -0.380. The fourth-order valence-electron chi connectivity index (χ4n) is 1.94. The number of rotatable bonds is 3. The summed E-state index contributed by atoms with van der Waals surface area (Å²) < 4.78 is 25.6. The molecule has 1 aromatic heterocycles. The van der Waals surface area contributed by atoms with Crippen molar-refractivity contribution < 1.29 is 8.42 Å². The van der Waals surface area contributed by atoms with Gasteiger partial charge in [-0.2, -0.15) is 0 Å². The van der Waals surface area contributed by atoms with Crippen LogP contribution in [-0.2, 0) is 9.05 Å². The smallest absolute Gasteiger partial charge is 0.294 e. The Kier molecular flexibility index (Phi) is 3.72. The van der Waals surface area contributed by atoms with Gasteiger partial charge >= 0.3 is 0 Å². The van der Waals surface area contributed by atoms with E-state index in [1.165, 1.54) is 0 Å². The zero-order chi connectivity index (χ0) is 14.5. The molecule has 0 radical (unpaired) electrons. The lowest BCUT2D eigenvalue weighted by Crippen LogP contribution is -2.06. The van der Waals surface area contributed by atoms with Crippen LogP contribution < -0.4 is 0 Å². The van der Waals surface area contributed by atoms with Gasteiger partial charge in [-0.15, -0.1) is 10.2 Å². The van der Waals surface area contributed by atoms with Gasteiger partial charge in [0.25, 0.3) is 14.2 Å². The summed E-state index contributed by atoms with van der Waals surface area (Å²) in [6, 6.07) is 5.51. The predicted octanol–water partition coefficient (Wildman–Crippen LogP) is 3.47. The monoisotopic (exact) mass is 443 g/mol. The Bertz CT molecular complexity index is 787. The molecule has 9 heteroatoms. The van der Waals surface area contributed by atoms with Crippen molar-refractivity contribution in [1.82, 2.24) is 14.8 Å². The van der Waals surface area contributed by atoms with E-state index in [1.807, 2.05) is 12.1 Å². The minimum absolute atomic E-state index is 0.0848. The maximum Gasteiger partial charge on any atom is 0.296 e. The van der Waals surface area contributed by atoms with E-state index >= 15 is 0 Å². The van der Waals surface area contributed by atoms with Gasteiger partial charge in [0.2, 0.25) is 0 Å². The molecule has 0 unspecified atom stereocenters. The minimum atomic E-state index is -3.92. The molecule has 0 spiro atoms. The second-order valence-electron chi connectivity index (χ2n) is 4.47. The fraction of sp³-hybridized carbons (Fsp3) is 0.273. The minimum Gasteiger partial charge on any atom is -0.294 e. The highest BCUT2D eigenvalue weighted by molar-refractivity contribution is 14.1. The van der Waals surface area contributed by atoms with Gasteiger partial charge in [0, 0.05) is 25.9 Å². The lowest BCUT2D eigenvalue weighted by atomic mass is 10.2. The summed E-state index contributed by atoms with van der Waals surface area (Å²) in [5.41, 5.74) is 0.724. The Labute approximate surface area is 138 Å². The number of hydrogen-bond acceptors (Lipinski definition) is 4. The third-order valence-electron chi connectivity index (χ3n) is 2.97. The largest absolute Gasteiger partial charge is 0.296 e. The molecule has 5 nitrogen and oxygen atoms in total. The molecule has 20 heavy (non-hydrogen) atoms. The lowest BCUT2D eigenvalue weighted by Gasteiger charge is -2.08. The maximum absolute atomic E-state index is 11.6. The number of nitrogens with zero attached hydrogens (tertiary/aromatic N) is 3. The van der Waals surface area contributed by atoms with Crippen LogP contribution in [0, 0.1) is 3.57 Å². The van der Waals surface area contributed by atoms with Gasteiger partial charge in [-0.3, -0.25) is 4.57 Å². The molecule has 1 saturated carbocycles. The third-order valence-corrected chi connectivity index (χ3v) is 5.67. The van der Waals surface area contributed by atoms with Crippen LogP contribution in [0.15, 0.2) is 23.4 Å². The molecule has 1 aliphatic carbocycles. The first-order chi connectivity index (χ1) is 9.38. The first-order valence-corrected chi connectivity index (χ1v) is 9.49. The Balaban J connectivity index is 2.19. The number of halogens is 3. The van der Waals surface area contributed by atoms with Crippen molar-refractivity contribution >= 4 is 53.9 Å². The summed E-state index contributed by atoms with van der Waals surface area (Å²) >= 11 is 8.22. The van der Waals surface area contributed by atoms with Crippen LogP contribution in [0.2, 0.25) is 5.02 Å². The second-order valence-corrected chi connectivity index (χ2v) is 8.50. The quantitative estimate of drug-likeness (QED) is 0.538. The van der Waals surface area contributed by atoms with Crippen LogP contribution in [0.25, 0.3) is 11.4 Å². The summed E-state index contributed by atoms with van der Waals surface area (Å²) in [5, 5.41) is 8.08. The van der Waals surface area contributed by atoms with Crippen LogP contribution in [0.3, 0.4) is 0 Å². The number of benzene rings is 1. The summed E-state index contributed by atoms with van der Waals surface area (Å²) in [5.74, 6) is 0.477. The molecular weight excluding hydrogens is 436 g/mol. The van der Waals surface area contributed by atoms with Gasteiger partial charge in [-0.1, -0.05) is 17.7 Å². The molecule has 0 N–H and O–H groups in total. The van der Waals surface area contributed by atoms with Gasteiger partial charge in [-0.05, 0) is 47.6 Å². The van der Waals surface area contributed by atoms with Gasteiger partial charge in [0.1, 0.15) is 0 Å². The van der Waals surface area contributed by atoms with Crippen molar-refractivity contribution in [2.24, 2.45) is 0 Å². The zero-order valence-electron chi connectivity index (χ0n) is 9.92. The van der Waals surface area contributed by atoms with Crippen LogP contribution in [0.1, 0.15) is 18.9 Å². The highest BCUT2D eigenvalue weighted by Crippen LogP contribution is 2.40. The summed E-state index contributed by atoms with van der Waals surface area (Å²) in [4.78, 5) is 0. The van der Waals surface area contributed by atoms with E-state index in [2.05, 4.69) is 32.8 Å². The van der Waals surface area contributed by atoms with Gasteiger partial charge in [0.05, 0.1) is 5.02 Å². The number of hydrogen-bond donors (Lipinski definition) is 0. The molecule has 1 aliphatic rings. The van der Waals surface area contributed by atoms with Crippen LogP contribution >= 0.6 is 44.9 Å². The predicted molar refractivity (Wildman–Crippen MR) is 84.5 cm³/mol. The fourth-order valence-corrected chi connectivity index (χ4v) is 3.38. The lowest BCUT2D eigenvalue weighted by molar-refractivity contribution is 0.579. The normalized spacial score (nSPS) is 15.6. The van der Waals surface area contributed by atoms with Gasteiger partial charge in [0.15, 0.2) is 5.82 Å². The molecule has 0 bridgehead atoms. The standard InChI is InChI=1S/C11H8Cl2IN3O2S/c12-8-5-6(1-4-9(8)14)10-15-16-11(20(13,18)19)17(10)7-2-3-7/h1,4-5,7H,2-3H2. The molecular formula is C11H8Cl2IN3O2S. The molecule has 0 atom stereocenters. The van der Waals surface area contributed by atoms with Crippen molar-refractivity contribution in [3.63, 3.8) is 0 Å². The van der Waals surface area contributed by atoms with Crippen LogP contribution in [0.5, 0.6) is 0 Å². The first kappa shape index (κ1) is 14.6. The van der Waals surface area contributed by atoms with E-state index in [0.717, 1.165) is 22.0 Å². The van der Waals surface area contributed by atoms with E-state index in [0.29, 0.717) is 10.8 Å². The third kappa shape index (κ3) is 2.68. The van der Waals surface area contributed by atoms with Gasteiger partial charge < -0.3 is 0 Å². The maximum atomic E-state index is 11.6. The van der Waals surface area contributed by atoms with E-state index < -0.39 is 9.05 Å². The van der Waals surface area contributed by atoms with Crippen molar-refractivity contribution in [2.45, 2.75) is 24.0 Å². The Morgan fingerprint density at radius 1 is 1.30 bits per heavy atom. The average Bonchev–Trinajstić information content (AvgIpc) is 3.10. The van der Waals surface area contributed by atoms with Crippen molar-refractivity contribution in [3.8, 4) is 11.4 Å².